The van der Waals surface area contributed by atoms with Crippen LogP contribution in [-0.2, 0) is 20.7 Å². The van der Waals surface area contributed by atoms with E-state index in [-0.39, 0.29) is 12.2 Å². The highest BCUT2D eigenvalue weighted by atomic mass is 32.1. The minimum absolute atomic E-state index is 0.192. The number of nitro groups is 1. The van der Waals surface area contributed by atoms with Crippen LogP contribution in [0.4, 0.5) is 10.9 Å². The van der Waals surface area contributed by atoms with Crippen LogP contribution >= 0.6 is 11.3 Å². The molecule has 0 unspecified atom stereocenters. The number of rotatable bonds is 8. The second kappa shape index (κ2) is 9.13. The molecule has 2 heterocycles. The number of esters is 2. The number of furan rings is 1. The number of carbonyl (C=O) groups excluding carboxylic acids is 3. The van der Waals surface area contributed by atoms with Gasteiger partial charge in [-0.05, 0) is 31.9 Å². The molecular formula is C17H18N2O8S. The van der Waals surface area contributed by atoms with E-state index in [0.29, 0.717) is 11.4 Å². The fourth-order valence-electron chi connectivity index (χ4n) is 2.41. The molecule has 1 amide bonds. The molecule has 0 aliphatic rings. The van der Waals surface area contributed by atoms with Gasteiger partial charge in [0, 0.05) is 4.88 Å². The van der Waals surface area contributed by atoms with Crippen LogP contribution in [0.3, 0.4) is 0 Å². The molecule has 0 fully saturated rings. The van der Waals surface area contributed by atoms with Crippen LogP contribution < -0.4 is 5.32 Å². The second-order valence-corrected chi connectivity index (χ2v) is 6.66. The van der Waals surface area contributed by atoms with Gasteiger partial charge in [-0.25, -0.2) is 9.59 Å². The summed E-state index contributed by atoms with van der Waals surface area (Å²) in [5, 5.41) is 13.4. The van der Waals surface area contributed by atoms with Gasteiger partial charge in [0.2, 0.25) is 5.76 Å². The van der Waals surface area contributed by atoms with Crippen molar-refractivity contribution in [2.45, 2.75) is 27.2 Å². The monoisotopic (exact) mass is 410 g/mol. The van der Waals surface area contributed by atoms with E-state index >= 15 is 0 Å². The zero-order valence-corrected chi connectivity index (χ0v) is 16.2. The zero-order valence-electron chi connectivity index (χ0n) is 15.4. The number of carbonyl (C=O) groups is 3. The van der Waals surface area contributed by atoms with Gasteiger partial charge >= 0.3 is 17.8 Å². The summed E-state index contributed by atoms with van der Waals surface area (Å²) in [7, 11) is 0. The largest absolute Gasteiger partial charge is 0.462 e. The van der Waals surface area contributed by atoms with Crippen LogP contribution in [0.5, 0.6) is 0 Å². The maximum atomic E-state index is 12.2. The van der Waals surface area contributed by atoms with Crippen molar-refractivity contribution in [2.24, 2.45) is 0 Å². The van der Waals surface area contributed by atoms with Crippen molar-refractivity contribution >= 4 is 40.1 Å². The molecule has 28 heavy (non-hydrogen) atoms. The Morgan fingerprint density at radius 2 is 1.93 bits per heavy atom. The highest BCUT2D eigenvalue weighted by Crippen LogP contribution is 2.34. The summed E-state index contributed by atoms with van der Waals surface area (Å²) in [5.74, 6) is -3.25. The van der Waals surface area contributed by atoms with E-state index in [1.165, 1.54) is 11.3 Å². The van der Waals surface area contributed by atoms with E-state index in [9.17, 15) is 24.5 Å². The summed E-state index contributed by atoms with van der Waals surface area (Å²) in [5.41, 5.74) is 1.06. The Hall–Kier alpha value is -3.21. The minimum Gasteiger partial charge on any atom is -0.462 e. The van der Waals surface area contributed by atoms with Gasteiger partial charge in [0.05, 0.1) is 18.2 Å². The van der Waals surface area contributed by atoms with Gasteiger partial charge in [0.25, 0.3) is 5.91 Å². The molecule has 0 radical (unpaired) electrons. The summed E-state index contributed by atoms with van der Waals surface area (Å²) in [4.78, 5) is 46.8. The average molecular weight is 410 g/mol. The molecule has 150 valence electrons. The molecule has 0 aliphatic carbocycles. The standard InChI is InChI=1S/C17H18N2O8S/c1-4-10-9(3)28-15(14(10)17(22)25-5-2)18-12(20)8-26-16(21)11-6-7-13(27-11)19(23)24/h6-7H,4-5,8H2,1-3H3,(H,18,20). The third kappa shape index (κ3) is 4.74. The van der Waals surface area contributed by atoms with Crippen LogP contribution in [-0.4, -0.2) is 36.0 Å². The Labute approximate surface area is 163 Å². The van der Waals surface area contributed by atoms with Gasteiger partial charge in [0.15, 0.2) is 6.61 Å². The Morgan fingerprint density at radius 1 is 1.21 bits per heavy atom. The first-order chi connectivity index (χ1) is 13.3. The summed E-state index contributed by atoms with van der Waals surface area (Å²) in [6, 6.07) is 2.08. The molecule has 0 aromatic carbocycles. The fraction of sp³-hybridized carbons (Fsp3) is 0.353. The maximum Gasteiger partial charge on any atom is 0.433 e. The number of hydrogen-bond acceptors (Lipinski definition) is 9. The highest BCUT2D eigenvalue weighted by molar-refractivity contribution is 7.16. The molecule has 0 saturated carbocycles. The van der Waals surface area contributed by atoms with Crippen LogP contribution in [0, 0.1) is 17.0 Å². The molecule has 11 heteroatoms. The van der Waals surface area contributed by atoms with Gasteiger partial charge in [0.1, 0.15) is 9.92 Å². The van der Waals surface area contributed by atoms with Gasteiger partial charge in [-0.3, -0.25) is 14.9 Å². The number of amides is 1. The maximum absolute atomic E-state index is 12.2. The Bertz CT molecular complexity index is 914. The molecule has 2 rings (SSSR count). The predicted molar refractivity (Wildman–Crippen MR) is 98.7 cm³/mol. The van der Waals surface area contributed by atoms with Crippen molar-refractivity contribution in [3.63, 3.8) is 0 Å². The fourth-order valence-corrected chi connectivity index (χ4v) is 3.56. The van der Waals surface area contributed by atoms with Crippen molar-refractivity contribution in [1.82, 2.24) is 0 Å². The lowest BCUT2D eigenvalue weighted by atomic mass is 10.1. The van der Waals surface area contributed by atoms with Crippen LogP contribution in [0.1, 0.15) is 45.2 Å². The number of ether oxygens (including phenoxy) is 2. The van der Waals surface area contributed by atoms with Gasteiger partial charge in [-0.1, -0.05) is 6.92 Å². The SMILES string of the molecule is CCOC(=O)c1c(NC(=O)COC(=O)c2ccc([N+](=O)[O-])o2)sc(C)c1CC. The van der Waals surface area contributed by atoms with Gasteiger partial charge in [-0.2, -0.15) is 0 Å². The number of nitrogens with one attached hydrogen (secondary N) is 1. The lowest BCUT2D eigenvalue weighted by molar-refractivity contribution is -0.402. The van der Waals surface area contributed by atoms with Crippen molar-refractivity contribution < 1.29 is 33.2 Å². The molecule has 1 N–H and O–H groups in total. The van der Waals surface area contributed by atoms with Crippen molar-refractivity contribution in [2.75, 3.05) is 18.5 Å². The molecule has 0 aliphatic heterocycles. The van der Waals surface area contributed by atoms with Crippen LogP contribution in [0.25, 0.3) is 0 Å². The summed E-state index contributed by atoms with van der Waals surface area (Å²) in [6.45, 7) is 4.92. The zero-order chi connectivity index (χ0) is 20.8. The van der Waals surface area contributed by atoms with Crippen LogP contribution in [0.15, 0.2) is 16.5 Å². The molecular weight excluding hydrogens is 392 g/mol. The number of hydrogen-bond donors (Lipinski definition) is 1. The first-order valence-corrected chi connectivity index (χ1v) is 9.10. The number of anilines is 1. The van der Waals surface area contributed by atoms with E-state index in [4.69, 9.17) is 13.9 Å². The predicted octanol–water partition coefficient (Wildman–Crippen LogP) is 3.09. The van der Waals surface area contributed by atoms with Crippen LogP contribution in [0.2, 0.25) is 0 Å². The van der Waals surface area contributed by atoms with Gasteiger partial charge in [-0.15, -0.1) is 11.3 Å². The van der Waals surface area contributed by atoms with E-state index in [1.807, 2.05) is 13.8 Å². The average Bonchev–Trinajstić information content (AvgIpc) is 3.24. The van der Waals surface area contributed by atoms with E-state index in [0.717, 1.165) is 22.6 Å². The Balaban J connectivity index is 2.05. The Kier molecular flexibility index (Phi) is 6.88. The third-order valence-electron chi connectivity index (χ3n) is 3.60. The van der Waals surface area contributed by atoms with Gasteiger partial charge < -0.3 is 19.2 Å². The minimum atomic E-state index is -1.02. The van der Waals surface area contributed by atoms with Crippen molar-refractivity contribution in [3.8, 4) is 0 Å². The summed E-state index contributed by atoms with van der Waals surface area (Å²) in [6.07, 6.45) is 0.582. The lowest BCUT2D eigenvalue weighted by Crippen LogP contribution is -2.21. The number of nitrogens with zero attached hydrogens (tertiary/aromatic N) is 1. The first kappa shape index (κ1) is 21.1. The summed E-state index contributed by atoms with van der Waals surface area (Å²) < 4.78 is 14.5. The van der Waals surface area contributed by atoms with E-state index in [1.54, 1.807) is 6.92 Å². The smallest absolute Gasteiger partial charge is 0.433 e. The highest BCUT2D eigenvalue weighted by Gasteiger charge is 2.24. The van der Waals surface area contributed by atoms with Crippen molar-refractivity contribution in [3.05, 3.63) is 44.0 Å². The Morgan fingerprint density at radius 3 is 2.50 bits per heavy atom. The molecule has 0 spiro atoms. The lowest BCUT2D eigenvalue weighted by Gasteiger charge is -2.08. The summed E-state index contributed by atoms with van der Waals surface area (Å²) >= 11 is 1.22. The molecule has 2 aromatic rings. The normalized spacial score (nSPS) is 10.4. The molecule has 0 saturated heterocycles. The van der Waals surface area contributed by atoms with E-state index in [2.05, 4.69) is 5.32 Å². The quantitative estimate of drug-likeness (QED) is 0.398. The number of thiophene rings is 1. The van der Waals surface area contributed by atoms with E-state index < -0.39 is 41.0 Å². The molecule has 0 bridgehead atoms. The number of aryl methyl sites for hydroxylation is 1. The topological polar surface area (TPSA) is 138 Å². The first-order valence-electron chi connectivity index (χ1n) is 8.29. The van der Waals surface area contributed by atoms with Crippen molar-refractivity contribution in [1.29, 1.82) is 0 Å². The molecule has 2 aromatic heterocycles. The molecule has 10 nitrogen and oxygen atoms in total. The molecule has 0 atom stereocenters. The third-order valence-corrected chi connectivity index (χ3v) is 4.67. The second-order valence-electron chi connectivity index (χ2n) is 5.43.